The molecule has 0 nitrogen and oxygen atoms in total. The molecule has 9 heavy (non-hydrogen) atoms. The Balaban J connectivity index is 2.26. The third kappa shape index (κ3) is 0.540. The van der Waals surface area contributed by atoms with Crippen LogP contribution in [0.5, 0.6) is 0 Å². The van der Waals surface area contributed by atoms with Gasteiger partial charge in [0.1, 0.15) is 0 Å². The van der Waals surface area contributed by atoms with Gasteiger partial charge in [-0.15, -0.1) is 0 Å². The van der Waals surface area contributed by atoms with Gasteiger partial charge in [-0.1, -0.05) is 25.0 Å². The van der Waals surface area contributed by atoms with Gasteiger partial charge in [0.2, 0.25) is 0 Å². The van der Waals surface area contributed by atoms with Crippen LogP contribution in [0.1, 0.15) is 33.1 Å². The molecule has 0 radical (unpaired) electrons. The molecule has 0 fully saturated rings. The Morgan fingerprint density at radius 3 is 1.89 bits per heavy atom. The molecule has 0 unspecified atom stereocenters. The summed E-state index contributed by atoms with van der Waals surface area (Å²) in [6.07, 6.45) is 4.28. The minimum absolute atomic E-state index is 0.933. The Labute approximate surface area is 57.0 Å². The van der Waals surface area contributed by atoms with Crippen molar-refractivity contribution in [3.8, 4) is 0 Å². The lowest BCUT2D eigenvalue weighted by molar-refractivity contribution is 0.426. The maximum atomic E-state index is 2.37. The monoisotopic (exact) mass is 122 g/mol. The van der Waals surface area contributed by atoms with Crippen molar-refractivity contribution >= 4 is 0 Å². The normalized spacial score (nSPS) is 40.7. The highest BCUT2D eigenvalue weighted by Crippen LogP contribution is 2.49. The minimum atomic E-state index is 0.933. The molecule has 2 aliphatic rings. The lowest BCUT2D eigenvalue weighted by Crippen LogP contribution is -2.22. The first-order valence-electron chi connectivity index (χ1n) is 4.02. The molecule has 0 aromatic heterocycles. The summed E-state index contributed by atoms with van der Waals surface area (Å²) in [5.41, 5.74) is 3.62. The van der Waals surface area contributed by atoms with Crippen LogP contribution in [-0.4, -0.2) is 0 Å². The molecule has 0 saturated carbocycles. The second-order valence-corrected chi connectivity index (χ2v) is 3.48. The molecule has 0 amide bonds. The fourth-order valence-corrected chi connectivity index (χ4v) is 2.34. The molecule has 0 aromatic carbocycles. The molecular formula is C9H14. The van der Waals surface area contributed by atoms with Gasteiger partial charge in [-0.2, -0.15) is 0 Å². The summed E-state index contributed by atoms with van der Waals surface area (Å²) in [4.78, 5) is 0. The summed E-state index contributed by atoms with van der Waals surface area (Å²) < 4.78 is 0. The Kier molecular flexibility index (Phi) is 0.992. The summed E-state index contributed by atoms with van der Waals surface area (Å²) in [5, 5.41) is 0. The van der Waals surface area contributed by atoms with Crippen molar-refractivity contribution in [1.29, 1.82) is 0 Å². The number of hydrogen-bond donors (Lipinski definition) is 0. The van der Waals surface area contributed by atoms with E-state index in [1.54, 1.807) is 0 Å². The third-order valence-electron chi connectivity index (χ3n) is 3.15. The zero-order valence-corrected chi connectivity index (χ0v) is 6.28. The lowest BCUT2D eigenvalue weighted by Gasteiger charge is -2.34. The van der Waals surface area contributed by atoms with Crippen molar-refractivity contribution in [3.05, 3.63) is 11.1 Å². The Hall–Kier alpha value is -0.260. The molecule has 0 aliphatic heterocycles. The summed E-state index contributed by atoms with van der Waals surface area (Å²) in [6, 6.07) is 0. The van der Waals surface area contributed by atoms with Crippen LogP contribution in [0, 0.1) is 11.8 Å². The van der Waals surface area contributed by atoms with E-state index in [1.165, 1.54) is 19.3 Å². The molecule has 0 heterocycles. The van der Waals surface area contributed by atoms with E-state index in [4.69, 9.17) is 0 Å². The molecule has 2 atom stereocenters. The molecule has 0 bridgehead atoms. The molecular weight excluding hydrogens is 108 g/mol. The predicted molar refractivity (Wildman–Crippen MR) is 39.2 cm³/mol. The Morgan fingerprint density at radius 2 is 1.44 bits per heavy atom. The number of allylic oxidation sites excluding steroid dienone is 2. The molecule has 0 spiro atoms. The average Bonchev–Trinajstić information content (AvgIpc) is 2.30. The Morgan fingerprint density at radius 1 is 1.00 bits per heavy atom. The van der Waals surface area contributed by atoms with Gasteiger partial charge in [0, 0.05) is 0 Å². The van der Waals surface area contributed by atoms with Crippen molar-refractivity contribution in [3.63, 3.8) is 0 Å². The molecule has 50 valence electrons. The van der Waals surface area contributed by atoms with Gasteiger partial charge in [0.15, 0.2) is 0 Å². The van der Waals surface area contributed by atoms with E-state index in [0.717, 1.165) is 11.8 Å². The van der Waals surface area contributed by atoms with E-state index < -0.39 is 0 Å². The lowest BCUT2D eigenvalue weighted by atomic mass is 9.71. The van der Waals surface area contributed by atoms with Crippen molar-refractivity contribution in [2.45, 2.75) is 33.1 Å². The van der Waals surface area contributed by atoms with Crippen LogP contribution in [0.25, 0.3) is 0 Å². The average molecular weight is 122 g/mol. The summed E-state index contributed by atoms with van der Waals surface area (Å²) >= 11 is 0. The molecule has 2 rings (SSSR count). The minimum Gasteiger partial charge on any atom is -0.0673 e. The molecule has 0 heteroatoms. The van der Waals surface area contributed by atoms with Crippen LogP contribution < -0.4 is 0 Å². The third-order valence-corrected chi connectivity index (χ3v) is 3.15. The van der Waals surface area contributed by atoms with Crippen LogP contribution in [0.2, 0.25) is 0 Å². The van der Waals surface area contributed by atoms with E-state index in [0.29, 0.717) is 0 Å². The topological polar surface area (TPSA) is 0 Å². The quantitative estimate of drug-likeness (QED) is 0.433. The van der Waals surface area contributed by atoms with Gasteiger partial charge < -0.3 is 0 Å². The van der Waals surface area contributed by atoms with Gasteiger partial charge in [-0.3, -0.25) is 0 Å². The van der Waals surface area contributed by atoms with Gasteiger partial charge in [-0.25, -0.2) is 0 Å². The van der Waals surface area contributed by atoms with Crippen LogP contribution >= 0.6 is 0 Å². The van der Waals surface area contributed by atoms with Crippen molar-refractivity contribution in [1.82, 2.24) is 0 Å². The first kappa shape index (κ1) is 5.52. The molecule has 0 N–H and O–H groups in total. The van der Waals surface area contributed by atoms with Crippen LogP contribution in [0.3, 0.4) is 0 Å². The van der Waals surface area contributed by atoms with E-state index in [9.17, 15) is 0 Å². The van der Waals surface area contributed by atoms with Crippen molar-refractivity contribution in [2.75, 3.05) is 0 Å². The second-order valence-electron chi connectivity index (χ2n) is 3.48. The largest absolute Gasteiger partial charge is 0.0673 e. The maximum Gasteiger partial charge on any atom is -0.0166 e. The van der Waals surface area contributed by atoms with Crippen LogP contribution in [0.4, 0.5) is 0 Å². The Bertz CT molecular complexity index is 147. The van der Waals surface area contributed by atoms with E-state index in [2.05, 4.69) is 13.8 Å². The van der Waals surface area contributed by atoms with E-state index in [-0.39, 0.29) is 0 Å². The highest BCUT2D eigenvalue weighted by atomic mass is 14.4. The first-order valence-corrected chi connectivity index (χ1v) is 4.02. The SMILES string of the molecule is C[C@@H]1C2=C(CCC2)[C@@H]1C. The smallest absolute Gasteiger partial charge is 0.0166 e. The summed E-state index contributed by atoms with van der Waals surface area (Å²) in [6.45, 7) is 4.74. The van der Waals surface area contributed by atoms with Gasteiger partial charge in [0.25, 0.3) is 0 Å². The van der Waals surface area contributed by atoms with Crippen LogP contribution in [-0.2, 0) is 0 Å². The first-order chi connectivity index (χ1) is 4.30. The predicted octanol–water partition coefficient (Wildman–Crippen LogP) is 2.75. The standard InChI is InChI=1S/C9H14/c1-6-7(2)9-5-3-4-8(6)9/h6-7H,3-5H2,1-2H3/t6-,7+. The number of hydrogen-bond acceptors (Lipinski definition) is 0. The highest BCUT2D eigenvalue weighted by molar-refractivity contribution is 5.34. The molecule has 2 aliphatic carbocycles. The number of rotatable bonds is 0. The van der Waals surface area contributed by atoms with Gasteiger partial charge in [0.05, 0.1) is 0 Å². The van der Waals surface area contributed by atoms with Gasteiger partial charge in [-0.05, 0) is 31.1 Å². The zero-order chi connectivity index (χ0) is 6.43. The van der Waals surface area contributed by atoms with Gasteiger partial charge >= 0.3 is 0 Å². The van der Waals surface area contributed by atoms with E-state index in [1.807, 2.05) is 11.1 Å². The maximum absolute atomic E-state index is 2.37. The second kappa shape index (κ2) is 1.62. The van der Waals surface area contributed by atoms with Crippen molar-refractivity contribution in [2.24, 2.45) is 11.8 Å². The summed E-state index contributed by atoms with van der Waals surface area (Å²) in [5.74, 6) is 1.87. The molecule has 0 saturated heterocycles. The van der Waals surface area contributed by atoms with E-state index >= 15 is 0 Å². The van der Waals surface area contributed by atoms with Crippen molar-refractivity contribution < 1.29 is 0 Å². The fraction of sp³-hybridized carbons (Fsp3) is 0.778. The zero-order valence-electron chi connectivity index (χ0n) is 6.28. The molecule has 0 aromatic rings. The fourth-order valence-electron chi connectivity index (χ4n) is 2.34. The summed E-state index contributed by atoms with van der Waals surface area (Å²) in [7, 11) is 0. The highest BCUT2D eigenvalue weighted by Gasteiger charge is 2.35. The van der Waals surface area contributed by atoms with Crippen LogP contribution in [0.15, 0.2) is 11.1 Å².